The van der Waals surface area contributed by atoms with Gasteiger partial charge in [-0.1, -0.05) is 0 Å². The number of hydrogen-bond donors (Lipinski definition) is 0. The molecule has 0 aromatic heterocycles. The second-order valence-corrected chi connectivity index (χ2v) is 0. The smallest absolute Gasteiger partial charge is 1.00 e. The van der Waals surface area contributed by atoms with Crippen LogP contribution in [0.2, 0.25) is 0 Å². The number of rotatable bonds is 0. The van der Waals surface area contributed by atoms with Crippen LogP contribution < -0.4 is 103 Å². The van der Waals surface area contributed by atoms with Crippen molar-refractivity contribution in [2.75, 3.05) is 0 Å². The fourth-order valence-electron chi connectivity index (χ4n) is 0. The first-order valence-corrected chi connectivity index (χ1v) is 0. The molecule has 0 aliphatic heterocycles. The van der Waals surface area contributed by atoms with Crippen LogP contribution in [0.25, 0.3) is 0 Å². The monoisotopic (exact) mass is 130 g/mol. The minimum absolute atomic E-state index is 0. The predicted molar refractivity (Wildman–Crippen MR) is 14.4 cm³/mol. The Bertz CT molecular complexity index is 9.61. The van der Waals surface area contributed by atoms with E-state index in [1.165, 1.54) is 0 Å². The molecule has 0 heterocycles. The van der Waals surface area contributed by atoms with E-state index in [4.69, 9.17) is 0 Å². The molecule has 18 valence electrons. The molecule has 0 amide bonds. The van der Waals surface area contributed by atoms with Crippen molar-refractivity contribution in [3.63, 3.8) is 0 Å². The molecular formula is H5K2OP. The predicted octanol–water partition coefficient (Wildman–Crippen LogP) is -6.38. The van der Waals surface area contributed by atoms with E-state index < -0.39 is 0 Å². The molecule has 0 unspecified atom stereocenters. The second kappa shape index (κ2) is 15.9. The Balaban J connectivity index is 0. The minimum atomic E-state index is 0. The van der Waals surface area contributed by atoms with Gasteiger partial charge in [0.25, 0.3) is 0 Å². The molecule has 0 fully saturated rings. The molecule has 0 rings (SSSR count). The van der Waals surface area contributed by atoms with Crippen LogP contribution in [0.5, 0.6) is 0 Å². The van der Waals surface area contributed by atoms with Crippen LogP contribution in [-0.2, 0) is 0 Å². The van der Waals surface area contributed by atoms with Gasteiger partial charge >= 0.3 is 103 Å². The van der Waals surface area contributed by atoms with Gasteiger partial charge in [-0.15, -0.1) is 0 Å². The molecule has 4 heavy (non-hydrogen) atoms. The van der Waals surface area contributed by atoms with E-state index in [9.17, 15) is 0 Å². The van der Waals surface area contributed by atoms with Crippen molar-refractivity contribution in [2.24, 2.45) is 0 Å². The molecule has 0 radical (unpaired) electrons. The van der Waals surface area contributed by atoms with E-state index in [0.717, 1.165) is 0 Å². The summed E-state index contributed by atoms with van der Waals surface area (Å²) in [6.45, 7) is 0. The average Bonchev–Trinajstić information content (AvgIpc) is 0. The van der Waals surface area contributed by atoms with Gasteiger partial charge in [-0.3, -0.25) is 0 Å². The molecule has 0 saturated carbocycles. The third-order valence-electron chi connectivity index (χ3n) is 0. The van der Waals surface area contributed by atoms with Gasteiger partial charge in [0.1, 0.15) is 0 Å². The zero-order valence-electron chi connectivity index (χ0n) is 4.08. The minimum Gasteiger partial charge on any atom is -1.00 e. The van der Waals surface area contributed by atoms with Crippen LogP contribution in [0.15, 0.2) is 0 Å². The van der Waals surface area contributed by atoms with Crippen molar-refractivity contribution in [1.29, 1.82) is 0 Å². The average molecular weight is 130 g/mol. The van der Waals surface area contributed by atoms with Gasteiger partial charge in [-0.2, -0.15) is 0 Å². The molecule has 0 aromatic carbocycles. The molecule has 0 atom stereocenters. The van der Waals surface area contributed by atoms with Crippen molar-refractivity contribution in [1.82, 2.24) is 0 Å². The van der Waals surface area contributed by atoms with Gasteiger partial charge in [-0.05, 0) is 0 Å². The molecular weight excluding hydrogens is 125 g/mol. The Morgan fingerprint density at radius 1 is 1.00 bits per heavy atom. The van der Waals surface area contributed by atoms with Crippen LogP contribution >= 0.6 is 9.90 Å². The van der Waals surface area contributed by atoms with E-state index in [-0.39, 0.29) is 120 Å². The maximum Gasteiger partial charge on any atom is 1.00 e. The number of hydrogen-bond acceptors (Lipinski definition) is 0. The van der Waals surface area contributed by atoms with E-state index in [0.29, 0.717) is 0 Å². The summed E-state index contributed by atoms with van der Waals surface area (Å²) in [5.74, 6) is 0. The van der Waals surface area contributed by atoms with Crippen LogP contribution in [-0.4, -0.2) is 5.48 Å². The standard InChI is InChI=1S/2K.H2O.H2P.H/h;;2*1H2;/q2*+1;;2*-1. The van der Waals surface area contributed by atoms with Crippen LogP contribution in [0.1, 0.15) is 1.43 Å². The Kier molecular flexibility index (Phi) is 101. The maximum atomic E-state index is 0. The van der Waals surface area contributed by atoms with Crippen LogP contribution in [0.4, 0.5) is 0 Å². The Morgan fingerprint density at radius 3 is 1.00 bits per heavy atom. The molecule has 4 heteroatoms. The normalized spacial score (nSPS) is 0. The zero-order valence-corrected chi connectivity index (χ0v) is 10.5. The van der Waals surface area contributed by atoms with Crippen molar-refractivity contribution >= 4 is 9.90 Å². The summed E-state index contributed by atoms with van der Waals surface area (Å²) >= 11 is 0. The van der Waals surface area contributed by atoms with Gasteiger partial charge < -0.3 is 16.8 Å². The topological polar surface area (TPSA) is 31.5 Å². The van der Waals surface area contributed by atoms with Crippen molar-refractivity contribution in [3.05, 3.63) is 0 Å². The van der Waals surface area contributed by atoms with Gasteiger partial charge in [-0.25, -0.2) is 0 Å². The Labute approximate surface area is 116 Å². The molecule has 0 aromatic rings. The summed E-state index contributed by atoms with van der Waals surface area (Å²) in [7, 11) is 0. The molecule has 0 spiro atoms. The Morgan fingerprint density at radius 2 is 1.00 bits per heavy atom. The third-order valence-corrected chi connectivity index (χ3v) is 0. The summed E-state index contributed by atoms with van der Waals surface area (Å²) < 4.78 is 0. The first-order chi connectivity index (χ1) is 0. The van der Waals surface area contributed by atoms with Gasteiger partial charge in [0.15, 0.2) is 0 Å². The van der Waals surface area contributed by atoms with E-state index in [1.807, 2.05) is 0 Å². The molecule has 1 nitrogen and oxygen atoms in total. The quantitative estimate of drug-likeness (QED) is 0.231. The summed E-state index contributed by atoms with van der Waals surface area (Å²) in [5.41, 5.74) is 0. The van der Waals surface area contributed by atoms with E-state index in [2.05, 4.69) is 0 Å². The van der Waals surface area contributed by atoms with E-state index in [1.54, 1.807) is 0 Å². The van der Waals surface area contributed by atoms with Crippen LogP contribution in [0, 0.1) is 0 Å². The second-order valence-electron chi connectivity index (χ2n) is 0. The molecule has 2 N–H and O–H groups in total. The molecule has 0 aliphatic rings. The summed E-state index contributed by atoms with van der Waals surface area (Å²) in [6, 6.07) is 0. The van der Waals surface area contributed by atoms with Gasteiger partial charge in [0.05, 0.1) is 0 Å². The van der Waals surface area contributed by atoms with Crippen molar-refractivity contribution < 1.29 is 110 Å². The van der Waals surface area contributed by atoms with Crippen LogP contribution in [0.3, 0.4) is 0 Å². The zero-order chi connectivity index (χ0) is 0. The van der Waals surface area contributed by atoms with Gasteiger partial charge in [0, 0.05) is 0 Å². The fraction of sp³-hybridized carbons (Fsp3) is 0. The summed E-state index contributed by atoms with van der Waals surface area (Å²) in [4.78, 5) is 0. The van der Waals surface area contributed by atoms with Gasteiger partial charge in [0.2, 0.25) is 0 Å². The molecule has 0 aliphatic carbocycles. The van der Waals surface area contributed by atoms with E-state index >= 15 is 0 Å². The molecule has 0 bridgehead atoms. The first-order valence-electron chi connectivity index (χ1n) is 0. The molecule has 0 saturated heterocycles. The maximum absolute atomic E-state index is 0. The Hall–Kier alpha value is 3.66. The third kappa shape index (κ3) is 9.18. The fourth-order valence-corrected chi connectivity index (χ4v) is 0. The summed E-state index contributed by atoms with van der Waals surface area (Å²) in [5, 5.41) is 0. The summed E-state index contributed by atoms with van der Waals surface area (Å²) in [6.07, 6.45) is 0. The van der Waals surface area contributed by atoms with Crippen molar-refractivity contribution in [3.8, 4) is 0 Å². The SMILES string of the molecule is O.[H-].[K+].[K+].[PH2-]. The largest absolute Gasteiger partial charge is 1.00 e. The first kappa shape index (κ1) is 25.4. The van der Waals surface area contributed by atoms with Crippen molar-refractivity contribution in [2.45, 2.75) is 0 Å².